The molecular formula is C19H22Cl2N2O4S. The molecule has 0 saturated carbocycles. The summed E-state index contributed by atoms with van der Waals surface area (Å²) in [5, 5.41) is 3.09. The highest BCUT2D eigenvalue weighted by atomic mass is 35.5. The van der Waals surface area contributed by atoms with Crippen molar-refractivity contribution in [3.05, 3.63) is 58.1 Å². The molecule has 0 bridgehead atoms. The summed E-state index contributed by atoms with van der Waals surface area (Å²) < 4.78 is 32.2. The van der Waals surface area contributed by atoms with Gasteiger partial charge in [-0.15, -0.1) is 0 Å². The molecule has 0 aliphatic carbocycles. The van der Waals surface area contributed by atoms with Crippen LogP contribution in [0.2, 0.25) is 10.0 Å². The van der Waals surface area contributed by atoms with E-state index < -0.39 is 15.9 Å². The summed E-state index contributed by atoms with van der Waals surface area (Å²) in [7, 11) is -2.43. The minimum absolute atomic E-state index is 0.0469. The van der Waals surface area contributed by atoms with Crippen LogP contribution in [0.5, 0.6) is 5.75 Å². The van der Waals surface area contributed by atoms with Crippen molar-refractivity contribution < 1.29 is 17.9 Å². The molecule has 9 heteroatoms. The Kier molecular flexibility index (Phi) is 7.71. The third-order valence-electron chi connectivity index (χ3n) is 4.17. The number of para-hydroxylation sites is 1. The highest BCUT2D eigenvalue weighted by molar-refractivity contribution is 7.89. The maximum Gasteiger partial charge on any atom is 0.245 e. The summed E-state index contributed by atoms with van der Waals surface area (Å²) in [5.41, 5.74) is 0.794. The van der Waals surface area contributed by atoms with Gasteiger partial charge in [-0.05, 0) is 31.2 Å². The second kappa shape index (κ2) is 9.60. The summed E-state index contributed by atoms with van der Waals surface area (Å²) >= 11 is 11.9. The average Bonchev–Trinajstić information content (AvgIpc) is 2.67. The van der Waals surface area contributed by atoms with Crippen molar-refractivity contribution in [3.63, 3.8) is 0 Å². The number of benzene rings is 2. The highest BCUT2D eigenvalue weighted by Crippen LogP contribution is 2.28. The molecule has 0 fully saturated rings. The van der Waals surface area contributed by atoms with Crippen molar-refractivity contribution in [2.45, 2.75) is 24.8 Å². The molecule has 1 amide bonds. The third-order valence-corrected chi connectivity index (χ3v) is 6.80. The molecule has 0 aliphatic heterocycles. The van der Waals surface area contributed by atoms with E-state index in [1.165, 1.54) is 18.2 Å². The summed E-state index contributed by atoms with van der Waals surface area (Å²) in [5.74, 6) is 0.197. The van der Waals surface area contributed by atoms with Crippen LogP contribution in [0.3, 0.4) is 0 Å². The molecule has 2 aromatic rings. The topological polar surface area (TPSA) is 75.7 Å². The van der Waals surface area contributed by atoms with Crippen LogP contribution in [-0.2, 0) is 14.8 Å². The van der Waals surface area contributed by atoms with E-state index in [0.29, 0.717) is 5.75 Å². The van der Waals surface area contributed by atoms with Crippen molar-refractivity contribution in [1.29, 1.82) is 0 Å². The van der Waals surface area contributed by atoms with Crippen LogP contribution in [0.25, 0.3) is 0 Å². The molecule has 1 atom stereocenters. The Morgan fingerprint density at radius 1 is 1.21 bits per heavy atom. The minimum Gasteiger partial charge on any atom is -0.496 e. The zero-order valence-corrected chi connectivity index (χ0v) is 18.1. The molecule has 2 aromatic carbocycles. The largest absolute Gasteiger partial charge is 0.496 e. The van der Waals surface area contributed by atoms with E-state index in [9.17, 15) is 13.2 Å². The fraction of sp³-hybridized carbons (Fsp3) is 0.316. The predicted molar refractivity (Wildman–Crippen MR) is 110 cm³/mol. The Bertz CT molecular complexity index is 951. The predicted octanol–water partition coefficient (Wildman–Crippen LogP) is 3.89. The molecular weight excluding hydrogens is 423 g/mol. The first-order valence-corrected chi connectivity index (χ1v) is 10.8. The standard InChI is InChI=1S/C19H22Cl2N2O4S/c1-4-23(28(25,26)18-11-14(20)9-10-16(18)21)12-19(24)22-13(2)15-7-5-6-8-17(15)27-3/h5-11,13H,4,12H2,1-3H3,(H,22,24). The van der Waals surface area contributed by atoms with Crippen molar-refractivity contribution in [3.8, 4) is 5.75 Å². The summed E-state index contributed by atoms with van der Waals surface area (Å²) in [6.45, 7) is 3.20. The molecule has 152 valence electrons. The van der Waals surface area contributed by atoms with E-state index in [4.69, 9.17) is 27.9 Å². The number of likely N-dealkylation sites (N-methyl/N-ethyl adjacent to an activating group) is 1. The molecule has 6 nitrogen and oxygen atoms in total. The molecule has 0 aromatic heterocycles. The number of rotatable bonds is 8. The van der Waals surface area contributed by atoms with Gasteiger partial charge in [0.15, 0.2) is 0 Å². The van der Waals surface area contributed by atoms with Crippen LogP contribution < -0.4 is 10.1 Å². The lowest BCUT2D eigenvalue weighted by molar-refractivity contribution is -0.121. The molecule has 0 aliphatic rings. The molecule has 1 unspecified atom stereocenters. The Morgan fingerprint density at radius 3 is 2.54 bits per heavy atom. The van der Waals surface area contributed by atoms with Crippen molar-refractivity contribution in [1.82, 2.24) is 9.62 Å². The van der Waals surface area contributed by atoms with E-state index in [1.807, 2.05) is 18.2 Å². The number of carbonyl (C=O) groups excluding carboxylic acids is 1. The fourth-order valence-corrected chi connectivity index (χ4v) is 4.87. The number of halogens is 2. The molecule has 0 radical (unpaired) electrons. The molecule has 2 rings (SSSR count). The van der Waals surface area contributed by atoms with Gasteiger partial charge in [0, 0.05) is 17.1 Å². The van der Waals surface area contributed by atoms with E-state index in [0.717, 1.165) is 9.87 Å². The molecule has 28 heavy (non-hydrogen) atoms. The highest BCUT2D eigenvalue weighted by Gasteiger charge is 2.28. The van der Waals surface area contributed by atoms with Gasteiger partial charge >= 0.3 is 0 Å². The second-order valence-electron chi connectivity index (χ2n) is 6.04. The van der Waals surface area contributed by atoms with Crippen molar-refractivity contribution in [2.24, 2.45) is 0 Å². The number of hydrogen-bond donors (Lipinski definition) is 1. The number of nitrogens with zero attached hydrogens (tertiary/aromatic N) is 1. The van der Waals surface area contributed by atoms with Gasteiger partial charge in [0.05, 0.1) is 24.7 Å². The van der Waals surface area contributed by atoms with Crippen LogP contribution in [0.1, 0.15) is 25.5 Å². The Balaban J connectivity index is 2.17. The number of nitrogens with one attached hydrogen (secondary N) is 1. The van der Waals surface area contributed by atoms with Crippen LogP contribution in [0.15, 0.2) is 47.4 Å². The van der Waals surface area contributed by atoms with Crippen LogP contribution >= 0.6 is 23.2 Å². The van der Waals surface area contributed by atoms with Gasteiger partial charge in [0.2, 0.25) is 15.9 Å². The number of methoxy groups -OCH3 is 1. The minimum atomic E-state index is -3.98. The van der Waals surface area contributed by atoms with Crippen molar-refractivity contribution >= 4 is 39.1 Å². The molecule has 0 spiro atoms. The smallest absolute Gasteiger partial charge is 0.245 e. The molecule has 0 heterocycles. The summed E-state index contributed by atoms with van der Waals surface area (Å²) in [6.07, 6.45) is 0. The van der Waals surface area contributed by atoms with Gasteiger partial charge in [-0.2, -0.15) is 4.31 Å². The lowest BCUT2D eigenvalue weighted by Crippen LogP contribution is -2.41. The zero-order valence-electron chi connectivity index (χ0n) is 15.8. The zero-order chi connectivity index (χ0) is 20.9. The van der Waals surface area contributed by atoms with Gasteiger partial charge < -0.3 is 10.1 Å². The third kappa shape index (κ3) is 5.17. The quantitative estimate of drug-likeness (QED) is 0.669. The fourth-order valence-electron chi connectivity index (χ4n) is 2.73. The second-order valence-corrected chi connectivity index (χ2v) is 8.79. The molecule has 0 saturated heterocycles. The van der Waals surface area contributed by atoms with Crippen LogP contribution in [-0.4, -0.2) is 38.8 Å². The SMILES string of the molecule is CCN(CC(=O)NC(C)c1ccccc1OC)S(=O)(=O)c1cc(Cl)ccc1Cl. The lowest BCUT2D eigenvalue weighted by atomic mass is 10.1. The summed E-state index contributed by atoms with van der Waals surface area (Å²) in [4.78, 5) is 12.4. The van der Waals surface area contributed by atoms with Gasteiger partial charge in [-0.1, -0.05) is 48.3 Å². The van der Waals surface area contributed by atoms with E-state index in [1.54, 1.807) is 27.0 Å². The normalized spacial score (nSPS) is 12.6. The Morgan fingerprint density at radius 2 is 1.89 bits per heavy atom. The Labute approximate surface area is 175 Å². The monoisotopic (exact) mass is 444 g/mol. The number of carbonyl (C=O) groups is 1. The number of sulfonamides is 1. The number of amides is 1. The van der Waals surface area contributed by atoms with Gasteiger partial charge in [-0.25, -0.2) is 8.42 Å². The van der Waals surface area contributed by atoms with Gasteiger partial charge in [0.25, 0.3) is 0 Å². The van der Waals surface area contributed by atoms with Crippen LogP contribution in [0.4, 0.5) is 0 Å². The van der Waals surface area contributed by atoms with E-state index in [2.05, 4.69) is 5.32 Å². The first-order chi connectivity index (χ1) is 13.2. The van der Waals surface area contributed by atoms with Gasteiger partial charge in [-0.3, -0.25) is 4.79 Å². The maximum atomic E-state index is 12.9. The maximum absolute atomic E-state index is 12.9. The van der Waals surface area contributed by atoms with Crippen LogP contribution in [0, 0.1) is 0 Å². The summed E-state index contributed by atoms with van der Waals surface area (Å²) in [6, 6.07) is 11.1. The van der Waals surface area contributed by atoms with Gasteiger partial charge in [0.1, 0.15) is 10.6 Å². The lowest BCUT2D eigenvalue weighted by Gasteiger charge is -2.23. The first-order valence-electron chi connectivity index (χ1n) is 8.58. The average molecular weight is 445 g/mol. The van der Waals surface area contributed by atoms with E-state index in [-0.39, 0.29) is 34.1 Å². The first kappa shape index (κ1) is 22.5. The number of ether oxygens (including phenoxy) is 1. The van der Waals surface area contributed by atoms with E-state index >= 15 is 0 Å². The number of hydrogen-bond acceptors (Lipinski definition) is 4. The van der Waals surface area contributed by atoms with Crippen molar-refractivity contribution in [2.75, 3.05) is 20.2 Å². The Hall–Kier alpha value is -1.80. The molecule has 1 N–H and O–H groups in total.